The van der Waals surface area contributed by atoms with Crippen molar-refractivity contribution in [2.24, 2.45) is 5.41 Å². The number of nitrogens with one attached hydrogen (secondary N) is 1. The fourth-order valence-corrected chi connectivity index (χ4v) is 4.55. The lowest BCUT2D eigenvalue weighted by Crippen LogP contribution is -2.60. The maximum Gasteiger partial charge on any atom is 0.256 e. The molecule has 1 aromatic carbocycles. The minimum atomic E-state index is -0.910. The molecular weight excluding hydrogens is 434 g/mol. The van der Waals surface area contributed by atoms with Crippen molar-refractivity contribution in [3.05, 3.63) is 29.8 Å². The number of carbonyl (C=O) groups excluding carboxylic acids is 3. The summed E-state index contributed by atoms with van der Waals surface area (Å²) in [6, 6.07) is 6.16. The Labute approximate surface area is 202 Å². The number of carbonyl (C=O) groups is 3. The highest BCUT2D eigenvalue weighted by Gasteiger charge is 2.54. The molecule has 2 atom stereocenters. The Kier molecular flexibility index (Phi) is 7.91. The number of ether oxygens (including phenoxy) is 2. The average molecular weight is 474 g/mol. The third-order valence-corrected chi connectivity index (χ3v) is 6.70. The van der Waals surface area contributed by atoms with E-state index in [0.717, 1.165) is 6.42 Å². The molecule has 0 unspecified atom stereocenters. The lowest BCUT2D eigenvalue weighted by atomic mass is 9.90. The molecule has 0 saturated carbocycles. The van der Waals surface area contributed by atoms with Crippen molar-refractivity contribution in [2.75, 3.05) is 26.8 Å². The summed E-state index contributed by atoms with van der Waals surface area (Å²) < 4.78 is 11.5. The van der Waals surface area contributed by atoms with Crippen molar-refractivity contribution in [3.63, 3.8) is 0 Å². The quantitative estimate of drug-likeness (QED) is 0.686. The summed E-state index contributed by atoms with van der Waals surface area (Å²) in [4.78, 5) is 43.1. The van der Waals surface area contributed by atoms with Crippen LogP contribution < -0.4 is 10.1 Å². The molecule has 8 nitrogen and oxygen atoms in total. The highest BCUT2D eigenvalue weighted by Crippen LogP contribution is 2.39. The third kappa shape index (κ3) is 5.71. The molecule has 0 radical (unpaired) electrons. The maximum atomic E-state index is 13.7. The van der Waals surface area contributed by atoms with Crippen LogP contribution in [0.2, 0.25) is 0 Å². The summed E-state index contributed by atoms with van der Waals surface area (Å²) in [5, 5.41) is 3.00. The van der Waals surface area contributed by atoms with Gasteiger partial charge in [0.1, 0.15) is 17.5 Å². The molecular formula is C26H39N3O5. The molecule has 1 N–H and O–H groups in total. The first-order valence-corrected chi connectivity index (χ1v) is 12.2. The minimum Gasteiger partial charge on any atom is -0.497 e. The van der Waals surface area contributed by atoms with Crippen molar-refractivity contribution in [2.45, 2.75) is 78.1 Å². The van der Waals surface area contributed by atoms with Gasteiger partial charge in [-0.05, 0) is 43.0 Å². The van der Waals surface area contributed by atoms with Crippen molar-refractivity contribution >= 4 is 17.7 Å². The molecule has 0 bridgehead atoms. The number of rotatable bonds is 6. The molecule has 2 saturated heterocycles. The summed E-state index contributed by atoms with van der Waals surface area (Å²) >= 11 is 0. The Bertz CT molecular complexity index is 885. The molecule has 1 aromatic rings. The van der Waals surface area contributed by atoms with Gasteiger partial charge >= 0.3 is 0 Å². The fourth-order valence-electron chi connectivity index (χ4n) is 4.55. The Morgan fingerprint density at radius 3 is 2.32 bits per heavy atom. The maximum absolute atomic E-state index is 13.7. The molecule has 0 aliphatic carbocycles. The monoisotopic (exact) mass is 473 g/mol. The summed E-state index contributed by atoms with van der Waals surface area (Å²) in [6.07, 6.45) is 2.20. The van der Waals surface area contributed by atoms with E-state index in [-0.39, 0.29) is 35.8 Å². The van der Waals surface area contributed by atoms with Gasteiger partial charge in [-0.2, -0.15) is 0 Å². The highest BCUT2D eigenvalue weighted by molar-refractivity contribution is 5.98. The SMILES string of the molecule is CC[C@H](C)NC(=O)[C@H]1COC2(CCN(C(=O)CC(C)(C)C)CC2)N1C(=O)c1ccc(OC)cc1. The van der Waals surface area contributed by atoms with Crippen LogP contribution in [0.4, 0.5) is 0 Å². The summed E-state index contributed by atoms with van der Waals surface area (Å²) in [6.45, 7) is 11.2. The lowest BCUT2D eigenvalue weighted by molar-refractivity contribution is -0.145. The molecule has 0 aromatic heterocycles. The van der Waals surface area contributed by atoms with Crippen molar-refractivity contribution in [1.29, 1.82) is 0 Å². The number of benzene rings is 1. The minimum absolute atomic E-state index is 0.00106. The topological polar surface area (TPSA) is 88.2 Å². The number of nitrogens with zero attached hydrogens (tertiary/aromatic N) is 2. The van der Waals surface area contributed by atoms with Gasteiger partial charge in [-0.15, -0.1) is 0 Å². The zero-order valence-corrected chi connectivity index (χ0v) is 21.3. The number of hydrogen-bond donors (Lipinski definition) is 1. The first kappa shape index (κ1) is 26.0. The summed E-state index contributed by atoms with van der Waals surface area (Å²) in [7, 11) is 1.57. The molecule has 2 aliphatic rings. The van der Waals surface area contributed by atoms with Gasteiger partial charge in [-0.3, -0.25) is 19.3 Å². The van der Waals surface area contributed by atoms with E-state index < -0.39 is 11.8 Å². The Morgan fingerprint density at radius 1 is 1.18 bits per heavy atom. The molecule has 34 heavy (non-hydrogen) atoms. The van der Waals surface area contributed by atoms with E-state index in [1.54, 1.807) is 36.3 Å². The van der Waals surface area contributed by atoms with Crippen LogP contribution in [0.1, 0.15) is 70.7 Å². The van der Waals surface area contributed by atoms with E-state index >= 15 is 0 Å². The lowest BCUT2D eigenvalue weighted by Gasteiger charge is -2.45. The van der Waals surface area contributed by atoms with Gasteiger partial charge in [-0.1, -0.05) is 27.7 Å². The smallest absolute Gasteiger partial charge is 0.256 e. The van der Waals surface area contributed by atoms with Crippen LogP contribution >= 0.6 is 0 Å². The molecule has 3 rings (SSSR count). The second-order valence-electron chi connectivity index (χ2n) is 10.6. The van der Waals surface area contributed by atoms with E-state index in [0.29, 0.717) is 43.7 Å². The van der Waals surface area contributed by atoms with E-state index in [1.165, 1.54) is 0 Å². The van der Waals surface area contributed by atoms with Crippen LogP contribution in [0, 0.1) is 5.41 Å². The van der Waals surface area contributed by atoms with E-state index in [1.807, 2.05) is 39.5 Å². The molecule has 2 fully saturated rings. The number of hydrogen-bond acceptors (Lipinski definition) is 5. The van der Waals surface area contributed by atoms with E-state index in [9.17, 15) is 14.4 Å². The zero-order chi connectivity index (χ0) is 25.1. The number of likely N-dealkylation sites (tertiary alicyclic amines) is 1. The normalized spacial score (nSPS) is 20.8. The zero-order valence-electron chi connectivity index (χ0n) is 21.3. The molecule has 8 heteroatoms. The van der Waals surface area contributed by atoms with Crippen LogP contribution in [-0.2, 0) is 14.3 Å². The van der Waals surface area contributed by atoms with E-state index in [4.69, 9.17) is 9.47 Å². The van der Waals surface area contributed by atoms with Gasteiger partial charge < -0.3 is 19.7 Å². The molecule has 1 spiro atoms. The average Bonchev–Trinajstić information content (AvgIpc) is 3.16. The van der Waals surface area contributed by atoms with Gasteiger partial charge in [0.25, 0.3) is 5.91 Å². The van der Waals surface area contributed by atoms with Crippen LogP contribution in [0.25, 0.3) is 0 Å². The predicted octanol–water partition coefficient (Wildman–Crippen LogP) is 3.21. The van der Waals surface area contributed by atoms with Crippen LogP contribution in [0.15, 0.2) is 24.3 Å². The second-order valence-corrected chi connectivity index (χ2v) is 10.6. The van der Waals surface area contributed by atoms with E-state index in [2.05, 4.69) is 5.32 Å². The number of amides is 3. The highest BCUT2D eigenvalue weighted by atomic mass is 16.5. The van der Waals surface area contributed by atoms with Crippen LogP contribution in [0.5, 0.6) is 5.75 Å². The first-order valence-electron chi connectivity index (χ1n) is 12.2. The Hall–Kier alpha value is -2.61. The predicted molar refractivity (Wildman–Crippen MR) is 129 cm³/mol. The van der Waals surface area contributed by atoms with Crippen LogP contribution in [-0.4, -0.2) is 72.1 Å². The van der Waals surface area contributed by atoms with Crippen molar-refractivity contribution < 1.29 is 23.9 Å². The Balaban J connectivity index is 1.84. The molecule has 188 valence electrons. The van der Waals surface area contributed by atoms with Gasteiger partial charge in [0.15, 0.2) is 0 Å². The standard InChI is InChI=1S/C26H39N3O5/c1-7-18(2)27-23(31)21-17-34-26(12-14-28(15-13-26)22(30)16-25(3,4)5)29(21)24(32)19-8-10-20(33-6)11-9-19/h8-11,18,21H,7,12-17H2,1-6H3,(H,27,31)/t18-,21+/m0/s1. The van der Waals surface area contributed by atoms with Gasteiger partial charge in [0.2, 0.25) is 11.8 Å². The summed E-state index contributed by atoms with van der Waals surface area (Å²) in [5.41, 5.74) is -0.531. The first-order chi connectivity index (χ1) is 16.0. The van der Waals surface area contributed by atoms with Gasteiger partial charge in [0.05, 0.1) is 13.7 Å². The van der Waals surface area contributed by atoms with Crippen molar-refractivity contribution in [1.82, 2.24) is 15.1 Å². The van der Waals surface area contributed by atoms with Crippen molar-refractivity contribution in [3.8, 4) is 5.75 Å². The van der Waals surface area contributed by atoms with Crippen LogP contribution in [0.3, 0.4) is 0 Å². The Morgan fingerprint density at radius 2 is 1.79 bits per heavy atom. The summed E-state index contributed by atoms with van der Waals surface area (Å²) in [5.74, 6) is 0.304. The second kappa shape index (κ2) is 10.3. The van der Waals surface area contributed by atoms with Gasteiger partial charge in [-0.25, -0.2) is 0 Å². The molecule has 2 heterocycles. The molecule has 2 aliphatic heterocycles. The number of methoxy groups -OCH3 is 1. The third-order valence-electron chi connectivity index (χ3n) is 6.70. The van der Waals surface area contributed by atoms with Gasteiger partial charge in [0, 0.05) is 44.0 Å². The fraction of sp³-hybridized carbons (Fsp3) is 0.654. The number of piperidine rings is 1. The largest absolute Gasteiger partial charge is 0.497 e. The molecule has 3 amide bonds.